The Kier molecular flexibility index (Phi) is 2.98. The van der Waals surface area contributed by atoms with Gasteiger partial charge in [0.2, 0.25) is 4.96 Å². The minimum atomic E-state index is -0.269. The van der Waals surface area contributed by atoms with Gasteiger partial charge in [0.1, 0.15) is 5.01 Å². The number of benzene rings is 1. The Hall–Kier alpha value is -2.58. The van der Waals surface area contributed by atoms with Gasteiger partial charge in [0.25, 0.3) is 0 Å². The first-order valence-corrected chi connectivity index (χ1v) is 7.61. The number of aromatic nitrogens is 5. The van der Waals surface area contributed by atoms with Gasteiger partial charge in [-0.25, -0.2) is 0 Å². The van der Waals surface area contributed by atoms with E-state index in [1.807, 2.05) is 24.3 Å². The standard InChI is InChI=1S/C14H12N6OS/c15-6-5-11-19-20-13(21)12(17-18-14(20)22-11)9-7-16-10-4-2-1-3-8(9)10/h1-4,7,16H,5-6,15H2. The zero-order chi connectivity index (χ0) is 15.1. The number of nitrogens with zero attached hydrogens (tertiary/aromatic N) is 4. The average Bonchev–Trinajstić information content (AvgIpc) is 3.12. The van der Waals surface area contributed by atoms with Crippen molar-refractivity contribution in [3.8, 4) is 11.3 Å². The van der Waals surface area contributed by atoms with Crippen LogP contribution in [0.15, 0.2) is 35.3 Å². The van der Waals surface area contributed by atoms with Crippen molar-refractivity contribution in [2.24, 2.45) is 5.73 Å². The van der Waals surface area contributed by atoms with Crippen LogP contribution in [-0.2, 0) is 6.42 Å². The molecule has 4 aromatic rings. The van der Waals surface area contributed by atoms with Crippen molar-refractivity contribution in [1.82, 2.24) is 24.8 Å². The predicted octanol–water partition coefficient (Wildman–Crippen LogP) is 1.20. The van der Waals surface area contributed by atoms with Crippen LogP contribution in [-0.4, -0.2) is 31.3 Å². The maximum absolute atomic E-state index is 12.6. The molecule has 0 atom stereocenters. The molecule has 0 unspecified atom stereocenters. The third-order valence-electron chi connectivity index (χ3n) is 3.43. The van der Waals surface area contributed by atoms with E-state index in [0.717, 1.165) is 21.5 Å². The van der Waals surface area contributed by atoms with E-state index < -0.39 is 0 Å². The van der Waals surface area contributed by atoms with Crippen LogP contribution in [0, 0.1) is 0 Å². The first-order chi connectivity index (χ1) is 10.8. The molecule has 3 heterocycles. The van der Waals surface area contributed by atoms with Crippen LogP contribution in [0.25, 0.3) is 27.1 Å². The minimum Gasteiger partial charge on any atom is -0.360 e. The molecule has 0 saturated heterocycles. The van der Waals surface area contributed by atoms with Crippen LogP contribution < -0.4 is 11.3 Å². The highest BCUT2D eigenvalue weighted by Gasteiger charge is 2.16. The summed E-state index contributed by atoms with van der Waals surface area (Å²) in [7, 11) is 0. The largest absolute Gasteiger partial charge is 0.360 e. The number of para-hydroxylation sites is 1. The summed E-state index contributed by atoms with van der Waals surface area (Å²) in [5, 5.41) is 14.2. The van der Waals surface area contributed by atoms with Crippen molar-refractivity contribution >= 4 is 27.2 Å². The van der Waals surface area contributed by atoms with E-state index in [1.165, 1.54) is 15.9 Å². The second-order valence-corrected chi connectivity index (χ2v) is 5.87. The summed E-state index contributed by atoms with van der Waals surface area (Å²) in [5.41, 5.74) is 7.23. The number of H-pyrrole nitrogens is 1. The number of aromatic amines is 1. The van der Waals surface area contributed by atoms with Gasteiger partial charge in [-0.2, -0.15) is 9.61 Å². The van der Waals surface area contributed by atoms with Gasteiger partial charge in [-0.05, 0) is 12.6 Å². The highest BCUT2D eigenvalue weighted by Crippen LogP contribution is 2.25. The molecular formula is C14H12N6OS. The Labute approximate surface area is 128 Å². The molecule has 4 rings (SSSR count). The molecule has 0 aliphatic rings. The summed E-state index contributed by atoms with van der Waals surface area (Å²) in [6.45, 7) is 0.483. The lowest BCUT2D eigenvalue weighted by Crippen LogP contribution is -2.19. The Morgan fingerprint density at radius 2 is 2.14 bits per heavy atom. The van der Waals surface area contributed by atoms with Gasteiger partial charge < -0.3 is 10.7 Å². The maximum atomic E-state index is 12.6. The molecule has 110 valence electrons. The summed E-state index contributed by atoms with van der Waals surface area (Å²) in [4.78, 5) is 16.3. The SMILES string of the molecule is NCCc1nn2c(=O)c(-c3c[nH]c4ccccc34)nnc2s1. The summed E-state index contributed by atoms with van der Waals surface area (Å²) < 4.78 is 1.31. The quantitative estimate of drug-likeness (QED) is 0.592. The summed E-state index contributed by atoms with van der Waals surface area (Å²) in [6, 6.07) is 7.75. The summed E-state index contributed by atoms with van der Waals surface area (Å²) >= 11 is 1.34. The van der Waals surface area contributed by atoms with Crippen molar-refractivity contribution in [2.45, 2.75) is 6.42 Å². The first kappa shape index (κ1) is 13.1. The lowest BCUT2D eigenvalue weighted by molar-refractivity contribution is 0.818. The molecule has 8 heteroatoms. The lowest BCUT2D eigenvalue weighted by Gasteiger charge is -1.97. The lowest BCUT2D eigenvalue weighted by atomic mass is 10.1. The van der Waals surface area contributed by atoms with Crippen LogP contribution in [0.1, 0.15) is 5.01 Å². The molecule has 0 radical (unpaired) electrons. The number of hydrogen-bond acceptors (Lipinski definition) is 6. The van der Waals surface area contributed by atoms with E-state index in [0.29, 0.717) is 23.6 Å². The number of hydrogen-bond donors (Lipinski definition) is 2. The van der Waals surface area contributed by atoms with Crippen molar-refractivity contribution in [3.05, 3.63) is 45.8 Å². The Morgan fingerprint density at radius 3 is 3.00 bits per heavy atom. The molecule has 0 spiro atoms. The number of rotatable bonds is 3. The van der Waals surface area contributed by atoms with Gasteiger partial charge in [0, 0.05) is 29.1 Å². The average molecular weight is 312 g/mol. The first-order valence-electron chi connectivity index (χ1n) is 6.80. The van der Waals surface area contributed by atoms with Crippen LogP contribution in [0.3, 0.4) is 0 Å². The van der Waals surface area contributed by atoms with Gasteiger partial charge in [0.05, 0.1) is 0 Å². The zero-order valence-electron chi connectivity index (χ0n) is 11.5. The Morgan fingerprint density at radius 1 is 1.27 bits per heavy atom. The van der Waals surface area contributed by atoms with Crippen molar-refractivity contribution in [2.75, 3.05) is 6.54 Å². The van der Waals surface area contributed by atoms with Gasteiger partial charge in [-0.3, -0.25) is 4.79 Å². The molecule has 3 N–H and O–H groups in total. The molecule has 0 saturated carbocycles. The van der Waals surface area contributed by atoms with Crippen LogP contribution in [0.5, 0.6) is 0 Å². The van der Waals surface area contributed by atoms with E-state index in [9.17, 15) is 4.79 Å². The normalized spacial score (nSPS) is 11.5. The van der Waals surface area contributed by atoms with E-state index in [-0.39, 0.29) is 5.56 Å². The third-order valence-corrected chi connectivity index (χ3v) is 4.39. The van der Waals surface area contributed by atoms with Gasteiger partial charge in [-0.15, -0.1) is 10.2 Å². The maximum Gasteiger partial charge on any atom is 0.302 e. The molecule has 22 heavy (non-hydrogen) atoms. The van der Waals surface area contributed by atoms with Crippen molar-refractivity contribution < 1.29 is 0 Å². The second-order valence-electron chi connectivity index (χ2n) is 4.83. The summed E-state index contributed by atoms with van der Waals surface area (Å²) in [5.74, 6) is 0. The smallest absolute Gasteiger partial charge is 0.302 e. The molecule has 0 bridgehead atoms. The molecular weight excluding hydrogens is 300 g/mol. The fourth-order valence-electron chi connectivity index (χ4n) is 2.42. The molecule has 0 fully saturated rings. The van der Waals surface area contributed by atoms with E-state index in [1.54, 1.807) is 6.20 Å². The van der Waals surface area contributed by atoms with Gasteiger partial charge >= 0.3 is 5.56 Å². The minimum absolute atomic E-state index is 0.269. The van der Waals surface area contributed by atoms with Crippen LogP contribution >= 0.6 is 11.3 Å². The molecule has 0 aliphatic carbocycles. The number of nitrogens with one attached hydrogen (secondary N) is 1. The molecule has 0 aliphatic heterocycles. The number of nitrogens with two attached hydrogens (primary N) is 1. The molecule has 7 nitrogen and oxygen atoms in total. The second kappa shape index (κ2) is 5.00. The monoisotopic (exact) mass is 312 g/mol. The Balaban J connectivity index is 1.95. The van der Waals surface area contributed by atoms with Gasteiger partial charge in [-0.1, -0.05) is 29.5 Å². The molecule has 3 aromatic heterocycles. The fraction of sp³-hybridized carbons (Fsp3) is 0.143. The number of fused-ring (bicyclic) bond motifs is 2. The zero-order valence-corrected chi connectivity index (χ0v) is 12.3. The third kappa shape index (κ3) is 1.92. The highest BCUT2D eigenvalue weighted by molar-refractivity contribution is 7.16. The van der Waals surface area contributed by atoms with E-state index in [2.05, 4.69) is 20.3 Å². The summed E-state index contributed by atoms with van der Waals surface area (Å²) in [6.07, 6.45) is 2.39. The van der Waals surface area contributed by atoms with Crippen LogP contribution in [0.2, 0.25) is 0 Å². The van der Waals surface area contributed by atoms with Crippen molar-refractivity contribution in [3.63, 3.8) is 0 Å². The fourth-order valence-corrected chi connectivity index (χ4v) is 3.26. The van der Waals surface area contributed by atoms with E-state index >= 15 is 0 Å². The van der Waals surface area contributed by atoms with E-state index in [4.69, 9.17) is 5.73 Å². The highest BCUT2D eigenvalue weighted by atomic mass is 32.1. The topological polar surface area (TPSA) is 102 Å². The van der Waals surface area contributed by atoms with Crippen LogP contribution in [0.4, 0.5) is 0 Å². The predicted molar refractivity (Wildman–Crippen MR) is 85.0 cm³/mol. The van der Waals surface area contributed by atoms with Gasteiger partial charge in [0.15, 0.2) is 5.69 Å². The Bertz CT molecular complexity index is 1030. The van der Waals surface area contributed by atoms with Crippen molar-refractivity contribution in [1.29, 1.82) is 0 Å². The molecule has 0 amide bonds. The molecule has 1 aromatic carbocycles.